The zero-order valence-corrected chi connectivity index (χ0v) is 14.5. The molecule has 3 nitrogen and oxygen atoms in total. The molecule has 0 radical (unpaired) electrons. The quantitative estimate of drug-likeness (QED) is 0.509. The molecule has 0 saturated carbocycles. The highest BCUT2D eigenvalue weighted by molar-refractivity contribution is 7.99. The van der Waals surface area contributed by atoms with Gasteiger partial charge in [-0.2, -0.15) is 11.8 Å². The molecule has 0 bridgehead atoms. The van der Waals surface area contributed by atoms with Crippen LogP contribution in [0.5, 0.6) is 0 Å². The summed E-state index contributed by atoms with van der Waals surface area (Å²) >= 11 is 2.01. The summed E-state index contributed by atoms with van der Waals surface area (Å²) in [7, 11) is -2.39. The van der Waals surface area contributed by atoms with Crippen LogP contribution in [0.1, 0.15) is 47.5 Å². The molecule has 0 aromatic rings. The summed E-state index contributed by atoms with van der Waals surface area (Å²) < 4.78 is 17.5. The summed E-state index contributed by atoms with van der Waals surface area (Å²) in [5, 5.41) is 0.714. The van der Waals surface area contributed by atoms with Gasteiger partial charge in [0, 0.05) is 31.1 Å². The van der Waals surface area contributed by atoms with E-state index in [-0.39, 0.29) is 0 Å². The lowest BCUT2D eigenvalue weighted by atomic mass is 10.3. The van der Waals surface area contributed by atoms with Gasteiger partial charge in [0.2, 0.25) is 0 Å². The number of thioether (sulfide) groups is 1. The molecule has 0 N–H and O–H groups in total. The molecule has 0 fully saturated rings. The highest BCUT2D eigenvalue weighted by atomic mass is 32.2. The highest BCUT2D eigenvalue weighted by Gasteiger charge is 2.39. The van der Waals surface area contributed by atoms with Crippen LogP contribution < -0.4 is 0 Å². The van der Waals surface area contributed by atoms with Crippen molar-refractivity contribution >= 4 is 20.6 Å². The van der Waals surface area contributed by atoms with E-state index in [0.29, 0.717) is 25.1 Å². The first-order valence-electron chi connectivity index (χ1n) is 7.17. The molecule has 110 valence electrons. The van der Waals surface area contributed by atoms with Crippen molar-refractivity contribution in [2.24, 2.45) is 0 Å². The van der Waals surface area contributed by atoms with Crippen molar-refractivity contribution in [3.63, 3.8) is 0 Å². The van der Waals surface area contributed by atoms with E-state index in [0.717, 1.165) is 12.5 Å². The Hall–Kier alpha value is 0.447. The molecule has 0 aliphatic heterocycles. The molecule has 0 saturated heterocycles. The van der Waals surface area contributed by atoms with E-state index < -0.39 is 8.80 Å². The Bertz CT molecular complexity index is 176. The van der Waals surface area contributed by atoms with Gasteiger partial charge in [0.25, 0.3) is 0 Å². The molecule has 0 aliphatic rings. The minimum absolute atomic E-state index is 0.672. The van der Waals surface area contributed by atoms with Gasteiger partial charge in [-0.25, -0.2) is 0 Å². The van der Waals surface area contributed by atoms with E-state index in [1.54, 1.807) is 0 Å². The third-order valence-corrected chi connectivity index (χ3v) is 6.93. The summed E-state index contributed by atoms with van der Waals surface area (Å²) in [5.41, 5.74) is 0. The molecule has 0 spiro atoms. The number of hydrogen-bond acceptors (Lipinski definition) is 4. The summed E-state index contributed by atoms with van der Waals surface area (Å²) in [6.07, 6.45) is 2.33. The van der Waals surface area contributed by atoms with E-state index in [1.807, 2.05) is 32.5 Å². The van der Waals surface area contributed by atoms with E-state index in [2.05, 4.69) is 13.8 Å². The molecular formula is C13H30O3SSi. The molecule has 18 heavy (non-hydrogen) atoms. The fourth-order valence-electron chi connectivity index (χ4n) is 1.98. The Morgan fingerprint density at radius 1 is 0.944 bits per heavy atom. The fourth-order valence-corrected chi connectivity index (χ4v) is 5.52. The van der Waals surface area contributed by atoms with Crippen molar-refractivity contribution < 1.29 is 13.3 Å². The van der Waals surface area contributed by atoms with Crippen molar-refractivity contribution in [1.29, 1.82) is 0 Å². The Morgan fingerprint density at radius 2 is 1.44 bits per heavy atom. The van der Waals surface area contributed by atoms with Crippen LogP contribution >= 0.6 is 11.8 Å². The standard InChI is InChI=1S/C13H30O3SSi/c1-6-14-18(15-7-2,16-8-3)12-10-11-13(5)17-9-4/h13H,6-12H2,1-5H3. The van der Waals surface area contributed by atoms with Gasteiger partial charge in [-0.15, -0.1) is 0 Å². The van der Waals surface area contributed by atoms with Crippen LogP contribution in [0.3, 0.4) is 0 Å². The first-order valence-corrected chi connectivity index (χ1v) is 10.2. The van der Waals surface area contributed by atoms with Gasteiger partial charge in [-0.3, -0.25) is 0 Å². The van der Waals surface area contributed by atoms with E-state index in [4.69, 9.17) is 13.3 Å². The van der Waals surface area contributed by atoms with Gasteiger partial charge >= 0.3 is 8.80 Å². The molecular weight excluding hydrogens is 264 g/mol. The van der Waals surface area contributed by atoms with Gasteiger partial charge in [0.1, 0.15) is 0 Å². The van der Waals surface area contributed by atoms with Crippen LogP contribution in [0.25, 0.3) is 0 Å². The average molecular weight is 295 g/mol. The molecule has 1 unspecified atom stereocenters. The maximum atomic E-state index is 5.84. The van der Waals surface area contributed by atoms with Crippen molar-refractivity contribution in [2.75, 3.05) is 25.6 Å². The Labute approximate surface area is 118 Å². The lowest BCUT2D eigenvalue weighted by Gasteiger charge is -2.28. The van der Waals surface area contributed by atoms with Gasteiger partial charge in [0.05, 0.1) is 0 Å². The normalized spacial score (nSPS) is 13.8. The second kappa shape index (κ2) is 11.3. The van der Waals surface area contributed by atoms with Crippen molar-refractivity contribution in [2.45, 2.75) is 58.8 Å². The molecule has 0 aromatic carbocycles. The van der Waals surface area contributed by atoms with Crippen LogP contribution in [0.2, 0.25) is 6.04 Å². The number of rotatable bonds is 12. The average Bonchev–Trinajstić information content (AvgIpc) is 2.30. The summed E-state index contributed by atoms with van der Waals surface area (Å²) in [4.78, 5) is 0. The predicted octanol–water partition coefficient (Wildman–Crippen LogP) is 3.96. The zero-order valence-electron chi connectivity index (χ0n) is 12.7. The van der Waals surface area contributed by atoms with Crippen molar-refractivity contribution in [3.05, 3.63) is 0 Å². The summed E-state index contributed by atoms with van der Waals surface area (Å²) in [5.74, 6) is 1.19. The van der Waals surface area contributed by atoms with E-state index in [1.165, 1.54) is 12.2 Å². The molecule has 0 rings (SSSR count). The van der Waals surface area contributed by atoms with Gasteiger partial charge in [-0.1, -0.05) is 13.8 Å². The topological polar surface area (TPSA) is 27.7 Å². The van der Waals surface area contributed by atoms with Gasteiger partial charge in [-0.05, 0) is 39.4 Å². The molecule has 0 aliphatic carbocycles. The maximum absolute atomic E-state index is 5.84. The van der Waals surface area contributed by atoms with Crippen LogP contribution in [-0.2, 0) is 13.3 Å². The van der Waals surface area contributed by atoms with Crippen LogP contribution in [-0.4, -0.2) is 39.6 Å². The van der Waals surface area contributed by atoms with Gasteiger partial charge in [0.15, 0.2) is 0 Å². The summed E-state index contributed by atoms with van der Waals surface area (Å²) in [6.45, 7) is 12.5. The monoisotopic (exact) mass is 294 g/mol. The van der Waals surface area contributed by atoms with Crippen LogP contribution in [0, 0.1) is 0 Å². The first-order chi connectivity index (χ1) is 8.64. The third-order valence-electron chi connectivity index (χ3n) is 2.64. The number of hydrogen-bond donors (Lipinski definition) is 0. The SMILES string of the molecule is CCO[Si](CCCC(C)SCC)(OCC)OCC. The minimum atomic E-state index is -2.39. The van der Waals surface area contributed by atoms with E-state index in [9.17, 15) is 0 Å². The first kappa shape index (κ1) is 18.4. The second-order valence-electron chi connectivity index (χ2n) is 4.14. The predicted molar refractivity (Wildman–Crippen MR) is 82.3 cm³/mol. The summed E-state index contributed by atoms with van der Waals surface area (Å²) in [6, 6.07) is 0.942. The highest BCUT2D eigenvalue weighted by Crippen LogP contribution is 2.23. The molecule has 0 amide bonds. The molecule has 1 atom stereocenters. The Kier molecular flexibility index (Phi) is 11.6. The van der Waals surface area contributed by atoms with Gasteiger partial charge < -0.3 is 13.3 Å². The largest absolute Gasteiger partial charge is 0.500 e. The lowest BCUT2D eigenvalue weighted by molar-refractivity contribution is 0.0707. The third kappa shape index (κ3) is 7.79. The van der Waals surface area contributed by atoms with Crippen LogP contribution in [0.4, 0.5) is 0 Å². The minimum Gasteiger partial charge on any atom is -0.374 e. The molecule has 0 heterocycles. The van der Waals surface area contributed by atoms with Crippen molar-refractivity contribution in [3.8, 4) is 0 Å². The van der Waals surface area contributed by atoms with Crippen LogP contribution in [0.15, 0.2) is 0 Å². The second-order valence-corrected chi connectivity index (χ2v) is 8.59. The fraction of sp³-hybridized carbons (Fsp3) is 1.00. The molecule has 5 heteroatoms. The van der Waals surface area contributed by atoms with Crippen molar-refractivity contribution in [1.82, 2.24) is 0 Å². The Balaban J connectivity index is 4.20. The lowest BCUT2D eigenvalue weighted by Crippen LogP contribution is -2.46. The zero-order chi connectivity index (χ0) is 13.9. The molecule has 0 aromatic heterocycles. The smallest absolute Gasteiger partial charge is 0.374 e. The van der Waals surface area contributed by atoms with E-state index >= 15 is 0 Å². The maximum Gasteiger partial charge on any atom is 0.500 e. The Morgan fingerprint density at radius 3 is 1.83 bits per heavy atom.